The van der Waals surface area contributed by atoms with Crippen molar-refractivity contribution < 1.29 is 18.0 Å². The molecule has 1 aromatic carbocycles. The lowest BCUT2D eigenvalue weighted by molar-refractivity contribution is -0.145. The molecule has 112 valence electrons. The van der Waals surface area contributed by atoms with Crippen LogP contribution in [0.5, 0.6) is 0 Å². The van der Waals surface area contributed by atoms with E-state index in [-0.39, 0.29) is 25.3 Å². The first-order valence-electron chi connectivity index (χ1n) is 6.00. The van der Waals surface area contributed by atoms with E-state index in [1.807, 2.05) is 0 Å². The minimum Gasteiger partial charge on any atom is -0.295 e. The maximum absolute atomic E-state index is 12.3. The second-order valence-electron chi connectivity index (χ2n) is 4.28. The third-order valence-corrected chi connectivity index (χ3v) is 3.54. The average Bonchev–Trinajstić information content (AvgIpc) is 2.32. The summed E-state index contributed by atoms with van der Waals surface area (Å²) in [6, 6.07) is 4.82. The van der Waals surface area contributed by atoms with Gasteiger partial charge in [0.25, 0.3) is 0 Å². The standard InChI is InChI=1S/C13H14BrClF3NO/c1-2-19(8-13(16,17)18)6-5-12(20)10-4-3-9(14)7-11(10)15/h3-4,7H,2,5-6,8H2,1H3. The quantitative estimate of drug-likeness (QED) is 0.682. The molecule has 0 atom stereocenters. The van der Waals surface area contributed by atoms with Gasteiger partial charge in [0.1, 0.15) is 0 Å². The molecule has 0 aliphatic carbocycles. The summed E-state index contributed by atoms with van der Waals surface area (Å²) in [6.07, 6.45) is -4.25. The van der Waals surface area contributed by atoms with Crippen molar-refractivity contribution in [2.24, 2.45) is 0 Å². The molecule has 0 heterocycles. The van der Waals surface area contributed by atoms with Crippen LogP contribution in [0.25, 0.3) is 0 Å². The first-order chi connectivity index (χ1) is 9.23. The molecule has 0 saturated carbocycles. The lowest BCUT2D eigenvalue weighted by Gasteiger charge is -2.21. The van der Waals surface area contributed by atoms with Gasteiger partial charge in [0.05, 0.1) is 11.6 Å². The van der Waals surface area contributed by atoms with Gasteiger partial charge in [-0.3, -0.25) is 9.69 Å². The molecule has 0 amide bonds. The Kier molecular flexibility index (Phi) is 6.48. The van der Waals surface area contributed by atoms with Crippen LogP contribution in [-0.2, 0) is 0 Å². The topological polar surface area (TPSA) is 20.3 Å². The Morgan fingerprint density at radius 1 is 1.40 bits per heavy atom. The van der Waals surface area contributed by atoms with Crippen LogP contribution in [-0.4, -0.2) is 36.5 Å². The third-order valence-electron chi connectivity index (χ3n) is 2.74. The van der Waals surface area contributed by atoms with Gasteiger partial charge in [-0.1, -0.05) is 34.5 Å². The fraction of sp³-hybridized carbons (Fsp3) is 0.462. The van der Waals surface area contributed by atoms with Gasteiger partial charge in [-0.05, 0) is 24.7 Å². The summed E-state index contributed by atoms with van der Waals surface area (Å²) in [7, 11) is 0. The van der Waals surface area contributed by atoms with E-state index in [0.717, 1.165) is 4.47 Å². The van der Waals surface area contributed by atoms with E-state index in [1.54, 1.807) is 25.1 Å². The first-order valence-corrected chi connectivity index (χ1v) is 7.17. The Labute approximate surface area is 129 Å². The highest BCUT2D eigenvalue weighted by atomic mass is 79.9. The number of carbonyl (C=O) groups excluding carboxylic acids is 1. The van der Waals surface area contributed by atoms with E-state index < -0.39 is 12.7 Å². The van der Waals surface area contributed by atoms with Gasteiger partial charge < -0.3 is 0 Å². The molecule has 0 unspecified atom stereocenters. The zero-order valence-corrected chi connectivity index (χ0v) is 13.1. The average molecular weight is 373 g/mol. The zero-order chi connectivity index (χ0) is 15.3. The predicted molar refractivity (Wildman–Crippen MR) is 76.3 cm³/mol. The molecule has 1 aromatic rings. The number of benzene rings is 1. The van der Waals surface area contributed by atoms with Crippen molar-refractivity contribution >= 4 is 33.3 Å². The number of alkyl halides is 3. The van der Waals surface area contributed by atoms with Crippen LogP contribution in [0, 0.1) is 0 Å². The molecule has 0 radical (unpaired) electrons. The molecule has 0 N–H and O–H groups in total. The number of nitrogens with zero attached hydrogens (tertiary/aromatic N) is 1. The van der Waals surface area contributed by atoms with E-state index in [0.29, 0.717) is 10.6 Å². The van der Waals surface area contributed by atoms with Gasteiger partial charge in [-0.2, -0.15) is 13.2 Å². The minimum absolute atomic E-state index is 0.00523. The smallest absolute Gasteiger partial charge is 0.295 e. The summed E-state index contributed by atoms with van der Waals surface area (Å²) in [5.41, 5.74) is 0.331. The third kappa shape index (κ3) is 5.81. The Morgan fingerprint density at radius 2 is 2.05 bits per heavy atom. The number of rotatable bonds is 6. The minimum atomic E-state index is -4.26. The molecule has 1 rings (SSSR count). The molecule has 20 heavy (non-hydrogen) atoms. The van der Waals surface area contributed by atoms with E-state index >= 15 is 0 Å². The molecule has 0 saturated heterocycles. The van der Waals surface area contributed by atoms with E-state index in [1.165, 1.54) is 4.90 Å². The van der Waals surface area contributed by atoms with Gasteiger partial charge in [-0.15, -0.1) is 0 Å². The number of halogens is 5. The molecule has 0 aliphatic heterocycles. The monoisotopic (exact) mass is 371 g/mol. The largest absolute Gasteiger partial charge is 0.401 e. The Hall–Kier alpha value is -0.590. The van der Waals surface area contributed by atoms with Crippen LogP contribution < -0.4 is 0 Å². The number of carbonyl (C=O) groups is 1. The van der Waals surface area contributed by atoms with Crippen LogP contribution in [0.15, 0.2) is 22.7 Å². The van der Waals surface area contributed by atoms with Crippen molar-refractivity contribution in [2.45, 2.75) is 19.5 Å². The van der Waals surface area contributed by atoms with Crippen molar-refractivity contribution in [3.05, 3.63) is 33.3 Å². The molecule has 0 aliphatic rings. The highest BCUT2D eigenvalue weighted by Gasteiger charge is 2.30. The van der Waals surface area contributed by atoms with Crippen molar-refractivity contribution in [2.75, 3.05) is 19.6 Å². The molecule has 0 bridgehead atoms. The molecule has 0 fully saturated rings. The highest BCUT2D eigenvalue weighted by Crippen LogP contribution is 2.23. The number of Topliss-reactive ketones (excluding diaryl/α,β-unsaturated/α-hetero) is 1. The molecule has 7 heteroatoms. The van der Waals surface area contributed by atoms with Crippen molar-refractivity contribution in [3.8, 4) is 0 Å². The van der Waals surface area contributed by atoms with Crippen LogP contribution in [0.1, 0.15) is 23.7 Å². The Morgan fingerprint density at radius 3 is 2.55 bits per heavy atom. The van der Waals surface area contributed by atoms with Gasteiger partial charge in [0.2, 0.25) is 0 Å². The summed E-state index contributed by atoms with van der Waals surface area (Å²) in [6.45, 7) is 0.912. The summed E-state index contributed by atoms with van der Waals surface area (Å²) >= 11 is 9.16. The van der Waals surface area contributed by atoms with Crippen molar-refractivity contribution in [1.29, 1.82) is 0 Å². The summed E-state index contributed by atoms with van der Waals surface area (Å²) < 4.78 is 37.6. The van der Waals surface area contributed by atoms with Crippen molar-refractivity contribution in [3.63, 3.8) is 0 Å². The van der Waals surface area contributed by atoms with Crippen LogP contribution in [0.2, 0.25) is 5.02 Å². The molecular weight excluding hydrogens is 358 g/mol. The number of hydrogen-bond acceptors (Lipinski definition) is 2. The maximum atomic E-state index is 12.3. The second kappa shape index (κ2) is 7.43. The lowest BCUT2D eigenvalue weighted by atomic mass is 10.1. The summed E-state index contributed by atoms with van der Waals surface area (Å²) in [5, 5.41) is 0.295. The number of hydrogen-bond donors (Lipinski definition) is 0. The highest BCUT2D eigenvalue weighted by molar-refractivity contribution is 9.10. The van der Waals surface area contributed by atoms with Gasteiger partial charge in [-0.25, -0.2) is 0 Å². The fourth-order valence-corrected chi connectivity index (χ4v) is 2.49. The molecule has 2 nitrogen and oxygen atoms in total. The second-order valence-corrected chi connectivity index (χ2v) is 5.60. The summed E-state index contributed by atoms with van der Waals surface area (Å²) in [4.78, 5) is 13.1. The van der Waals surface area contributed by atoms with Gasteiger partial charge in [0.15, 0.2) is 5.78 Å². The number of ketones is 1. The Balaban J connectivity index is 2.62. The summed E-state index contributed by atoms with van der Waals surface area (Å²) in [5.74, 6) is -0.261. The van der Waals surface area contributed by atoms with Crippen LogP contribution >= 0.6 is 27.5 Å². The predicted octanol–water partition coefficient (Wildman–Crippen LogP) is 4.56. The van der Waals surface area contributed by atoms with E-state index in [9.17, 15) is 18.0 Å². The molecular formula is C13H14BrClF3NO. The first kappa shape index (κ1) is 17.5. The normalized spacial score (nSPS) is 11.9. The van der Waals surface area contributed by atoms with Crippen molar-refractivity contribution in [1.82, 2.24) is 4.90 Å². The maximum Gasteiger partial charge on any atom is 0.401 e. The lowest BCUT2D eigenvalue weighted by Crippen LogP contribution is -2.35. The van der Waals surface area contributed by atoms with Gasteiger partial charge in [0, 0.05) is 23.0 Å². The van der Waals surface area contributed by atoms with E-state index in [2.05, 4.69) is 15.9 Å². The molecule has 0 aromatic heterocycles. The van der Waals surface area contributed by atoms with E-state index in [4.69, 9.17) is 11.6 Å². The zero-order valence-electron chi connectivity index (χ0n) is 10.8. The van der Waals surface area contributed by atoms with Gasteiger partial charge >= 0.3 is 6.18 Å². The Bertz CT molecular complexity index is 479. The molecule has 0 spiro atoms. The van der Waals surface area contributed by atoms with Crippen LogP contribution in [0.4, 0.5) is 13.2 Å². The SMILES string of the molecule is CCN(CCC(=O)c1ccc(Br)cc1Cl)CC(F)(F)F. The van der Waals surface area contributed by atoms with Crippen LogP contribution in [0.3, 0.4) is 0 Å². The fourth-order valence-electron chi connectivity index (χ4n) is 1.71.